The van der Waals surface area contributed by atoms with Crippen LogP contribution in [-0.2, 0) is 0 Å². The first-order valence-electron chi connectivity index (χ1n) is 5.45. The first-order valence-corrected chi connectivity index (χ1v) is 5.83. The van der Waals surface area contributed by atoms with Gasteiger partial charge in [0.05, 0.1) is 0 Å². The van der Waals surface area contributed by atoms with Gasteiger partial charge in [0.25, 0.3) is 0 Å². The van der Waals surface area contributed by atoms with Crippen molar-refractivity contribution in [3.8, 4) is 0 Å². The van der Waals surface area contributed by atoms with Crippen molar-refractivity contribution in [1.82, 2.24) is 4.98 Å². The minimum absolute atomic E-state index is 0.576. The van der Waals surface area contributed by atoms with Gasteiger partial charge >= 0.3 is 0 Å². The van der Waals surface area contributed by atoms with Gasteiger partial charge < -0.3 is 5.11 Å². The van der Waals surface area contributed by atoms with Crippen molar-refractivity contribution in [2.75, 3.05) is 0 Å². The molecule has 1 N–H and O–H groups in total. The number of aromatic nitrogens is 1. The summed E-state index contributed by atoms with van der Waals surface area (Å²) in [6.45, 7) is 3.83. The monoisotopic (exact) mass is 247 g/mol. The van der Waals surface area contributed by atoms with Crippen LogP contribution in [0.1, 0.15) is 28.6 Å². The van der Waals surface area contributed by atoms with Gasteiger partial charge in [0.15, 0.2) is 0 Å². The molecule has 3 heteroatoms. The molecule has 1 unspecified atom stereocenters. The standard InChI is InChI=1S/C14H14ClNO/c1-9-7-11(8-10(2)16-9)14(17)12-5-3-4-6-13(12)15/h3-8,14,17H,1-2H3. The number of nitrogens with zero attached hydrogens (tertiary/aromatic N) is 1. The molecule has 0 fully saturated rings. The van der Waals surface area contributed by atoms with Crippen LogP contribution in [0.25, 0.3) is 0 Å². The minimum atomic E-state index is -0.705. The summed E-state index contributed by atoms with van der Waals surface area (Å²) in [7, 11) is 0. The van der Waals surface area contributed by atoms with Gasteiger partial charge in [0.2, 0.25) is 0 Å². The maximum absolute atomic E-state index is 10.3. The van der Waals surface area contributed by atoms with Gasteiger partial charge in [-0.25, -0.2) is 0 Å². The van der Waals surface area contributed by atoms with Crippen molar-refractivity contribution in [1.29, 1.82) is 0 Å². The fourth-order valence-electron chi connectivity index (χ4n) is 1.90. The van der Waals surface area contributed by atoms with Gasteiger partial charge in [0, 0.05) is 22.0 Å². The third-order valence-corrected chi connectivity index (χ3v) is 2.96. The zero-order valence-corrected chi connectivity index (χ0v) is 10.6. The van der Waals surface area contributed by atoms with Crippen LogP contribution in [0.4, 0.5) is 0 Å². The number of aliphatic hydroxyl groups is 1. The Kier molecular flexibility index (Phi) is 3.46. The lowest BCUT2D eigenvalue weighted by molar-refractivity contribution is 0.220. The zero-order valence-electron chi connectivity index (χ0n) is 9.81. The van der Waals surface area contributed by atoms with Gasteiger partial charge in [-0.15, -0.1) is 0 Å². The highest BCUT2D eigenvalue weighted by Crippen LogP contribution is 2.28. The predicted molar refractivity (Wildman–Crippen MR) is 69.2 cm³/mol. The number of hydrogen-bond acceptors (Lipinski definition) is 2. The van der Waals surface area contributed by atoms with Gasteiger partial charge in [-0.2, -0.15) is 0 Å². The summed E-state index contributed by atoms with van der Waals surface area (Å²) in [6.07, 6.45) is -0.705. The first kappa shape index (κ1) is 12.1. The van der Waals surface area contributed by atoms with E-state index in [1.165, 1.54) is 0 Å². The summed E-state index contributed by atoms with van der Waals surface area (Å²) in [5.41, 5.74) is 3.33. The normalized spacial score (nSPS) is 12.5. The van der Waals surface area contributed by atoms with E-state index in [0.29, 0.717) is 5.02 Å². The maximum Gasteiger partial charge on any atom is 0.106 e. The third-order valence-electron chi connectivity index (χ3n) is 2.62. The van der Waals surface area contributed by atoms with E-state index >= 15 is 0 Å². The summed E-state index contributed by atoms with van der Waals surface area (Å²) in [4.78, 5) is 4.29. The second-order valence-electron chi connectivity index (χ2n) is 4.11. The Morgan fingerprint density at radius 2 is 1.71 bits per heavy atom. The molecule has 0 aliphatic rings. The Bertz CT molecular complexity index is 519. The summed E-state index contributed by atoms with van der Waals surface area (Å²) in [5.74, 6) is 0. The van der Waals surface area contributed by atoms with Gasteiger partial charge in [-0.3, -0.25) is 4.98 Å². The van der Waals surface area contributed by atoms with Crippen LogP contribution in [0, 0.1) is 13.8 Å². The maximum atomic E-state index is 10.3. The van der Waals surface area contributed by atoms with E-state index < -0.39 is 6.10 Å². The Morgan fingerprint density at radius 1 is 1.12 bits per heavy atom. The smallest absolute Gasteiger partial charge is 0.106 e. The fourth-order valence-corrected chi connectivity index (χ4v) is 2.14. The van der Waals surface area contributed by atoms with E-state index in [1.54, 1.807) is 6.07 Å². The Labute approximate surface area is 106 Å². The Morgan fingerprint density at radius 3 is 2.29 bits per heavy atom. The molecule has 2 nitrogen and oxygen atoms in total. The van der Waals surface area contributed by atoms with Crippen LogP contribution in [-0.4, -0.2) is 10.1 Å². The zero-order chi connectivity index (χ0) is 12.4. The van der Waals surface area contributed by atoms with E-state index in [0.717, 1.165) is 22.5 Å². The quantitative estimate of drug-likeness (QED) is 0.882. The van der Waals surface area contributed by atoms with Crippen LogP contribution in [0.3, 0.4) is 0 Å². The van der Waals surface area contributed by atoms with Crippen molar-refractivity contribution in [2.24, 2.45) is 0 Å². The van der Waals surface area contributed by atoms with Gasteiger partial charge in [-0.1, -0.05) is 29.8 Å². The molecule has 0 amide bonds. The average molecular weight is 248 g/mol. The second-order valence-corrected chi connectivity index (χ2v) is 4.51. The molecule has 0 aliphatic carbocycles. The summed E-state index contributed by atoms with van der Waals surface area (Å²) in [6, 6.07) is 11.1. The molecule has 0 saturated heterocycles. The fraction of sp³-hybridized carbons (Fsp3) is 0.214. The molecule has 1 heterocycles. The lowest BCUT2D eigenvalue weighted by Crippen LogP contribution is -2.02. The molecule has 1 aromatic carbocycles. The average Bonchev–Trinajstić information content (AvgIpc) is 2.27. The van der Waals surface area contributed by atoms with E-state index in [2.05, 4.69) is 4.98 Å². The molecule has 1 atom stereocenters. The molecule has 88 valence electrons. The molecule has 0 bridgehead atoms. The second kappa shape index (κ2) is 4.86. The SMILES string of the molecule is Cc1cc(C(O)c2ccccc2Cl)cc(C)n1. The largest absolute Gasteiger partial charge is 0.384 e. The molecule has 2 rings (SSSR count). The highest BCUT2D eigenvalue weighted by molar-refractivity contribution is 6.31. The molecule has 17 heavy (non-hydrogen) atoms. The van der Waals surface area contributed by atoms with Crippen LogP contribution < -0.4 is 0 Å². The van der Waals surface area contributed by atoms with E-state index in [1.807, 2.05) is 44.2 Å². The molecule has 0 spiro atoms. The molecule has 2 aromatic rings. The topological polar surface area (TPSA) is 33.1 Å². The molecule has 0 aliphatic heterocycles. The minimum Gasteiger partial charge on any atom is -0.384 e. The molecule has 0 saturated carbocycles. The molecule has 1 aromatic heterocycles. The lowest BCUT2D eigenvalue weighted by atomic mass is 10.0. The van der Waals surface area contributed by atoms with Crippen LogP contribution >= 0.6 is 11.6 Å². The number of benzene rings is 1. The number of hydrogen-bond donors (Lipinski definition) is 1. The molecule has 0 radical (unpaired) electrons. The summed E-state index contributed by atoms with van der Waals surface area (Å²) in [5, 5.41) is 10.9. The summed E-state index contributed by atoms with van der Waals surface area (Å²) < 4.78 is 0. The number of aliphatic hydroxyl groups excluding tert-OH is 1. The van der Waals surface area contributed by atoms with Crippen molar-refractivity contribution in [3.05, 3.63) is 63.9 Å². The van der Waals surface area contributed by atoms with Crippen molar-refractivity contribution in [2.45, 2.75) is 20.0 Å². The van der Waals surface area contributed by atoms with E-state index in [9.17, 15) is 5.11 Å². The van der Waals surface area contributed by atoms with Gasteiger partial charge in [0.1, 0.15) is 6.10 Å². The van der Waals surface area contributed by atoms with Crippen molar-refractivity contribution >= 4 is 11.6 Å². The Balaban J connectivity index is 2.43. The number of aryl methyl sites for hydroxylation is 2. The van der Waals surface area contributed by atoms with Crippen molar-refractivity contribution in [3.63, 3.8) is 0 Å². The van der Waals surface area contributed by atoms with Gasteiger partial charge in [-0.05, 0) is 37.6 Å². The van der Waals surface area contributed by atoms with Crippen LogP contribution in [0.15, 0.2) is 36.4 Å². The number of pyridine rings is 1. The van der Waals surface area contributed by atoms with E-state index in [-0.39, 0.29) is 0 Å². The lowest BCUT2D eigenvalue weighted by Gasteiger charge is -2.14. The summed E-state index contributed by atoms with van der Waals surface area (Å²) >= 11 is 6.07. The first-order chi connectivity index (χ1) is 8.08. The highest BCUT2D eigenvalue weighted by atomic mass is 35.5. The molecular weight excluding hydrogens is 234 g/mol. The Hall–Kier alpha value is -1.38. The van der Waals surface area contributed by atoms with Crippen LogP contribution in [0.5, 0.6) is 0 Å². The highest BCUT2D eigenvalue weighted by Gasteiger charge is 2.14. The number of halogens is 1. The van der Waals surface area contributed by atoms with Crippen LogP contribution in [0.2, 0.25) is 5.02 Å². The predicted octanol–water partition coefficient (Wildman–Crippen LogP) is 3.43. The number of rotatable bonds is 2. The van der Waals surface area contributed by atoms with Crippen molar-refractivity contribution < 1.29 is 5.11 Å². The molecular formula is C14H14ClNO. The third kappa shape index (κ3) is 2.65. The van der Waals surface area contributed by atoms with E-state index in [4.69, 9.17) is 11.6 Å².